The van der Waals surface area contributed by atoms with Crippen molar-refractivity contribution in [1.82, 2.24) is 4.31 Å². The minimum atomic E-state index is -4.51. The van der Waals surface area contributed by atoms with Gasteiger partial charge in [0.1, 0.15) is 0 Å². The van der Waals surface area contributed by atoms with Crippen LogP contribution in [0.3, 0.4) is 0 Å². The van der Waals surface area contributed by atoms with Gasteiger partial charge >= 0.3 is 6.18 Å². The molecule has 0 aliphatic rings. The van der Waals surface area contributed by atoms with Gasteiger partial charge in [-0.3, -0.25) is 4.79 Å². The number of amides is 1. The molecule has 174 valence electrons. The molecule has 11 heteroatoms. The Morgan fingerprint density at radius 2 is 1.52 bits per heavy atom. The van der Waals surface area contributed by atoms with E-state index < -0.39 is 34.2 Å². The molecule has 0 heterocycles. The summed E-state index contributed by atoms with van der Waals surface area (Å²) in [5.74, 6) is -0.737. The third-order valence-electron chi connectivity index (χ3n) is 4.57. The van der Waals surface area contributed by atoms with Crippen LogP contribution in [0.25, 0.3) is 0 Å². The number of alkyl halides is 3. The highest BCUT2D eigenvalue weighted by atomic mass is 35.5. The second kappa shape index (κ2) is 10.1. The third-order valence-corrected chi connectivity index (χ3v) is 7.00. The van der Waals surface area contributed by atoms with Crippen molar-refractivity contribution in [3.05, 3.63) is 94.0 Å². The standard InChI is InChI=1S/C22H17Cl2F3N2O3S/c23-17-7-11-19(12-8-17)33(31,32)29(13-15-3-1-2-4-20(15)24)14-21(30)28-18-9-5-16(6-10-18)22(25,26)27/h1-12H,13-14H2,(H,28,30). The summed E-state index contributed by atoms with van der Waals surface area (Å²) in [6.07, 6.45) is -4.51. The minimum absolute atomic E-state index is 0.0821. The molecular weight excluding hydrogens is 500 g/mol. The molecule has 0 spiro atoms. The van der Waals surface area contributed by atoms with Crippen LogP contribution in [0.5, 0.6) is 0 Å². The van der Waals surface area contributed by atoms with E-state index in [4.69, 9.17) is 23.2 Å². The number of benzene rings is 3. The van der Waals surface area contributed by atoms with E-state index in [2.05, 4.69) is 5.32 Å². The summed E-state index contributed by atoms with van der Waals surface area (Å²) in [5.41, 5.74) is -0.306. The van der Waals surface area contributed by atoms with Crippen LogP contribution in [0.1, 0.15) is 11.1 Å². The van der Waals surface area contributed by atoms with E-state index in [1.165, 1.54) is 24.3 Å². The van der Waals surface area contributed by atoms with Crippen LogP contribution in [0.2, 0.25) is 10.0 Å². The first kappa shape index (κ1) is 25.0. The van der Waals surface area contributed by atoms with Gasteiger partial charge in [0.15, 0.2) is 0 Å². The Hall–Kier alpha value is -2.59. The summed E-state index contributed by atoms with van der Waals surface area (Å²) in [5, 5.41) is 3.07. The molecule has 0 atom stereocenters. The molecule has 3 aromatic rings. The van der Waals surface area contributed by atoms with Crippen LogP contribution in [0, 0.1) is 0 Å². The second-order valence-electron chi connectivity index (χ2n) is 6.94. The largest absolute Gasteiger partial charge is 0.416 e. The van der Waals surface area contributed by atoms with Gasteiger partial charge in [-0.05, 0) is 60.2 Å². The topological polar surface area (TPSA) is 66.5 Å². The smallest absolute Gasteiger partial charge is 0.325 e. The molecule has 0 radical (unpaired) electrons. The molecule has 33 heavy (non-hydrogen) atoms. The van der Waals surface area contributed by atoms with Gasteiger partial charge in [-0.25, -0.2) is 8.42 Å². The minimum Gasteiger partial charge on any atom is -0.325 e. The predicted molar refractivity (Wildman–Crippen MR) is 121 cm³/mol. The number of hydrogen-bond donors (Lipinski definition) is 1. The Balaban J connectivity index is 1.85. The molecule has 0 unspecified atom stereocenters. The van der Waals surface area contributed by atoms with Crippen molar-refractivity contribution in [1.29, 1.82) is 0 Å². The number of nitrogens with zero attached hydrogens (tertiary/aromatic N) is 1. The lowest BCUT2D eigenvalue weighted by Gasteiger charge is -2.22. The van der Waals surface area contributed by atoms with Gasteiger partial charge in [0.2, 0.25) is 15.9 Å². The van der Waals surface area contributed by atoms with E-state index in [-0.39, 0.29) is 17.1 Å². The number of nitrogens with one attached hydrogen (secondary N) is 1. The maximum absolute atomic E-state index is 13.2. The third kappa shape index (κ3) is 6.48. The van der Waals surface area contributed by atoms with E-state index in [1.54, 1.807) is 24.3 Å². The Kier molecular flexibility index (Phi) is 7.69. The lowest BCUT2D eigenvalue weighted by molar-refractivity contribution is -0.137. The maximum atomic E-state index is 13.2. The molecule has 0 fully saturated rings. The van der Waals surface area contributed by atoms with Gasteiger partial charge in [0, 0.05) is 22.3 Å². The number of sulfonamides is 1. The quantitative estimate of drug-likeness (QED) is 0.428. The van der Waals surface area contributed by atoms with Gasteiger partial charge in [0.25, 0.3) is 0 Å². The zero-order chi connectivity index (χ0) is 24.2. The normalized spacial score (nSPS) is 12.1. The molecule has 0 aliphatic carbocycles. The average Bonchev–Trinajstić information content (AvgIpc) is 2.75. The summed E-state index contributed by atoms with van der Waals surface area (Å²) < 4.78 is 65.6. The van der Waals surface area contributed by atoms with Crippen LogP contribution in [-0.2, 0) is 27.5 Å². The monoisotopic (exact) mass is 516 g/mol. The maximum Gasteiger partial charge on any atom is 0.416 e. The number of carbonyl (C=O) groups excluding carboxylic acids is 1. The number of hydrogen-bond acceptors (Lipinski definition) is 3. The first-order valence-electron chi connectivity index (χ1n) is 9.43. The summed E-state index contributed by atoms with van der Waals surface area (Å²) in [4.78, 5) is 12.5. The number of anilines is 1. The van der Waals surface area contributed by atoms with Crippen molar-refractivity contribution in [2.45, 2.75) is 17.6 Å². The average molecular weight is 517 g/mol. The molecule has 5 nitrogen and oxygen atoms in total. The van der Waals surface area contributed by atoms with Crippen molar-refractivity contribution < 1.29 is 26.4 Å². The Labute approximate surface area is 198 Å². The zero-order valence-corrected chi connectivity index (χ0v) is 19.1. The van der Waals surface area contributed by atoms with Gasteiger partial charge in [-0.15, -0.1) is 0 Å². The highest BCUT2D eigenvalue weighted by Gasteiger charge is 2.30. The lowest BCUT2D eigenvalue weighted by atomic mass is 10.2. The van der Waals surface area contributed by atoms with Crippen LogP contribution < -0.4 is 5.32 Å². The van der Waals surface area contributed by atoms with Crippen molar-refractivity contribution in [2.24, 2.45) is 0 Å². The molecule has 0 saturated carbocycles. The summed E-state index contributed by atoms with van der Waals surface area (Å²) in [6, 6.07) is 15.8. The molecule has 1 amide bonds. The predicted octanol–water partition coefficient (Wildman–Crippen LogP) is 5.84. The first-order chi connectivity index (χ1) is 15.5. The van der Waals surface area contributed by atoms with E-state index in [1.807, 2.05) is 0 Å². The Bertz CT molecular complexity index is 1230. The van der Waals surface area contributed by atoms with Gasteiger partial charge < -0.3 is 5.32 Å². The van der Waals surface area contributed by atoms with E-state index in [0.29, 0.717) is 15.6 Å². The molecule has 0 bridgehead atoms. The zero-order valence-electron chi connectivity index (χ0n) is 16.8. The highest BCUT2D eigenvalue weighted by Crippen LogP contribution is 2.30. The Morgan fingerprint density at radius 3 is 2.09 bits per heavy atom. The van der Waals surface area contributed by atoms with Crippen molar-refractivity contribution in [3.63, 3.8) is 0 Å². The van der Waals surface area contributed by atoms with Crippen molar-refractivity contribution >= 4 is 44.8 Å². The van der Waals surface area contributed by atoms with Crippen LogP contribution in [0.4, 0.5) is 18.9 Å². The van der Waals surface area contributed by atoms with Crippen LogP contribution >= 0.6 is 23.2 Å². The molecule has 0 aromatic heterocycles. The van der Waals surface area contributed by atoms with Crippen LogP contribution in [-0.4, -0.2) is 25.2 Å². The van der Waals surface area contributed by atoms with Gasteiger partial charge in [0.05, 0.1) is 17.0 Å². The summed E-state index contributed by atoms with van der Waals surface area (Å²) >= 11 is 12.0. The molecule has 0 aliphatic heterocycles. The number of halogens is 5. The van der Waals surface area contributed by atoms with Crippen molar-refractivity contribution in [2.75, 3.05) is 11.9 Å². The molecule has 0 saturated heterocycles. The van der Waals surface area contributed by atoms with Crippen molar-refractivity contribution in [3.8, 4) is 0 Å². The van der Waals surface area contributed by atoms with E-state index in [0.717, 1.165) is 28.6 Å². The highest BCUT2D eigenvalue weighted by molar-refractivity contribution is 7.89. The number of carbonyl (C=O) groups is 1. The fraction of sp³-hybridized carbons (Fsp3) is 0.136. The summed E-state index contributed by atoms with van der Waals surface area (Å²) in [7, 11) is -4.14. The first-order valence-corrected chi connectivity index (χ1v) is 11.6. The molecule has 3 aromatic carbocycles. The van der Waals surface area contributed by atoms with Gasteiger partial charge in [-0.2, -0.15) is 17.5 Å². The molecule has 1 N–H and O–H groups in total. The summed E-state index contributed by atoms with van der Waals surface area (Å²) in [6.45, 7) is -0.803. The van der Waals surface area contributed by atoms with Crippen LogP contribution in [0.15, 0.2) is 77.7 Å². The molecular formula is C22H17Cl2F3N2O3S. The van der Waals surface area contributed by atoms with Gasteiger partial charge in [-0.1, -0.05) is 41.4 Å². The second-order valence-corrected chi connectivity index (χ2v) is 9.72. The lowest BCUT2D eigenvalue weighted by Crippen LogP contribution is -2.37. The Morgan fingerprint density at radius 1 is 0.909 bits per heavy atom. The van der Waals surface area contributed by atoms with E-state index >= 15 is 0 Å². The molecule has 3 rings (SSSR count). The fourth-order valence-corrected chi connectivity index (χ4v) is 4.60. The van der Waals surface area contributed by atoms with E-state index in [9.17, 15) is 26.4 Å². The SMILES string of the molecule is O=C(CN(Cc1ccccc1Cl)S(=O)(=O)c1ccc(Cl)cc1)Nc1ccc(C(F)(F)F)cc1. The fourth-order valence-electron chi connectivity index (χ4n) is 2.90. The number of rotatable bonds is 7.